The van der Waals surface area contributed by atoms with E-state index in [4.69, 9.17) is 11.6 Å². The Balaban J connectivity index is 2.18. The van der Waals surface area contributed by atoms with Crippen LogP contribution in [0, 0.1) is 0 Å². The van der Waals surface area contributed by atoms with Gasteiger partial charge in [0.05, 0.1) is 16.1 Å². The Morgan fingerprint density at radius 3 is 2.62 bits per heavy atom. The summed E-state index contributed by atoms with van der Waals surface area (Å²) in [4.78, 5) is 16.5. The molecule has 2 aromatic carbocycles. The maximum Gasteiger partial charge on any atom is 0.387 e. The molecular weight excluding hydrogens is 302 g/mol. The molecule has 0 aliphatic heterocycles. The average molecular weight is 311 g/mol. The van der Waals surface area contributed by atoms with Crippen molar-refractivity contribution in [1.82, 2.24) is 9.97 Å². The first-order valence-electron chi connectivity index (χ1n) is 6.00. The normalized spacial score (nSPS) is 11.2. The molecule has 0 saturated carbocycles. The van der Waals surface area contributed by atoms with Crippen molar-refractivity contribution in [3.05, 3.63) is 51.9 Å². The van der Waals surface area contributed by atoms with Crippen LogP contribution in [0.3, 0.4) is 0 Å². The smallest absolute Gasteiger partial charge is 0.387 e. The molecule has 1 heterocycles. The highest BCUT2D eigenvalue weighted by Crippen LogP contribution is 2.37. The molecule has 0 aliphatic rings. The first kappa shape index (κ1) is 13.6. The van der Waals surface area contributed by atoms with Crippen molar-refractivity contribution >= 4 is 22.6 Å². The minimum absolute atomic E-state index is 0.0188. The molecule has 3 rings (SSSR count). The largest absolute Gasteiger partial charge is 0.434 e. The summed E-state index contributed by atoms with van der Waals surface area (Å²) in [6.45, 7) is -2.95. The highest BCUT2D eigenvalue weighted by molar-refractivity contribution is 6.33. The molecule has 21 heavy (non-hydrogen) atoms. The quantitative estimate of drug-likeness (QED) is 0.773. The third kappa shape index (κ3) is 2.62. The van der Waals surface area contributed by atoms with Crippen LogP contribution in [-0.2, 0) is 0 Å². The van der Waals surface area contributed by atoms with E-state index in [0.717, 1.165) is 0 Å². The van der Waals surface area contributed by atoms with Crippen LogP contribution in [0.1, 0.15) is 0 Å². The summed E-state index contributed by atoms with van der Waals surface area (Å²) in [6.07, 6.45) is 0. The van der Waals surface area contributed by atoms with Gasteiger partial charge in [-0.1, -0.05) is 23.7 Å². The number of rotatable bonds is 3. The molecule has 0 unspecified atom stereocenters. The molecule has 0 fully saturated rings. The van der Waals surface area contributed by atoms with E-state index >= 15 is 0 Å². The maximum atomic E-state index is 12.5. The molecule has 0 saturated heterocycles. The van der Waals surface area contributed by atoms with Gasteiger partial charge in [-0.2, -0.15) is 8.78 Å². The molecule has 0 bridgehead atoms. The summed E-state index contributed by atoms with van der Waals surface area (Å²) < 4.78 is 29.5. The van der Waals surface area contributed by atoms with Gasteiger partial charge in [0.15, 0.2) is 0 Å². The van der Waals surface area contributed by atoms with Crippen LogP contribution >= 0.6 is 11.6 Å². The number of ether oxygens (including phenoxy) is 1. The summed E-state index contributed by atoms with van der Waals surface area (Å²) in [7, 11) is 0. The lowest BCUT2D eigenvalue weighted by molar-refractivity contribution is -0.0494. The molecule has 3 aromatic rings. The van der Waals surface area contributed by atoms with Gasteiger partial charge in [0, 0.05) is 5.56 Å². The van der Waals surface area contributed by atoms with E-state index in [1.54, 1.807) is 24.3 Å². The molecule has 108 valence electrons. The Hall–Kier alpha value is -2.34. The van der Waals surface area contributed by atoms with Crippen molar-refractivity contribution < 1.29 is 13.5 Å². The fraction of sp³-hybridized carbons (Fsp3) is 0.0714. The Morgan fingerprint density at radius 1 is 1.10 bits per heavy atom. The van der Waals surface area contributed by atoms with Crippen LogP contribution in [0.4, 0.5) is 8.78 Å². The minimum Gasteiger partial charge on any atom is -0.434 e. The van der Waals surface area contributed by atoms with E-state index in [9.17, 15) is 13.6 Å². The number of aromatic nitrogens is 2. The predicted molar refractivity (Wildman–Crippen MR) is 76.0 cm³/mol. The summed E-state index contributed by atoms with van der Waals surface area (Å²) >= 11 is 6.10. The number of aromatic amines is 2. The van der Waals surface area contributed by atoms with Crippen molar-refractivity contribution in [2.75, 3.05) is 0 Å². The SMILES string of the molecule is O=c1[nH]c2ccc(-c3c(Cl)cccc3OC(F)F)cc2[nH]1. The second-order valence-corrected chi connectivity index (χ2v) is 4.74. The molecule has 0 atom stereocenters. The van der Waals surface area contributed by atoms with Crippen LogP contribution in [0.2, 0.25) is 5.02 Å². The molecule has 0 aliphatic carbocycles. The predicted octanol–water partition coefficient (Wildman–Crippen LogP) is 3.78. The zero-order valence-electron chi connectivity index (χ0n) is 10.5. The Morgan fingerprint density at radius 2 is 1.86 bits per heavy atom. The first-order chi connectivity index (χ1) is 10.0. The third-order valence-corrected chi connectivity index (χ3v) is 3.31. The molecule has 0 amide bonds. The Labute approximate surface area is 122 Å². The van der Waals surface area contributed by atoms with Crippen LogP contribution < -0.4 is 10.4 Å². The van der Waals surface area contributed by atoms with Gasteiger partial charge in [-0.25, -0.2) is 4.79 Å². The lowest BCUT2D eigenvalue weighted by Gasteiger charge is -2.12. The van der Waals surface area contributed by atoms with Gasteiger partial charge >= 0.3 is 12.3 Å². The van der Waals surface area contributed by atoms with Gasteiger partial charge in [0.25, 0.3) is 0 Å². The number of alkyl halides is 2. The van der Waals surface area contributed by atoms with E-state index in [-0.39, 0.29) is 16.5 Å². The number of benzene rings is 2. The van der Waals surface area contributed by atoms with Gasteiger partial charge in [0.2, 0.25) is 0 Å². The number of hydrogen-bond donors (Lipinski definition) is 2. The van der Waals surface area contributed by atoms with Crippen LogP contribution in [-0.4, -0.2) is 16.6 Å². The van der Waals surface area contributed by atoms with Crippen LogP contribution in [0.25, 0.3) is 22.2 Å². The van der Waals surface area contributed by atoms with Crippen LogP contribution in [0.5, 0.6) is 5.75 Å². The zero-order valence-corrected chi connectivity index (χ0v) is 11.2. The Bertz CT molecular complexity index is 858. The summed E-state index contributed by atoms with van der Waals surface area (Å²) in [5, 5.41) is 0.283. The number of nitrogens with one attached hydrogen (secondary N) is 2. The molecule has 7 heteroatoms. The number of fused-ring (bicyclic) bond motifs is 1. The molecule has 2 N–H and O–H groups in total. The number of hydrogen-bond acceptors (Lipinski definition) is 2. The fourth-order valence-electron chi connectivity index (χ4n) is 2.17. The summed E-state index contributed by atoms with van der Waals surface area (Å²) in [5.74, 6) is -0.0188. The standard InChI is InChI=1S/C14H9ClF2N2O2/c15-8-2-1-3-11(21-13(16)17)12(8)7-4-5-9-10(6-7)19-14(20)18-9/h1-6,13H,(H2,18,19,20). The molecule has 0 radical (unpaired) electrons. The van der Waals surface area contributed by atoms with E-state index in [2.05, 4.69) is 14.7 Å². The van der Waals surface area contributed by atoms with Crippen molar-refractivity contribution in [3.63, 3.8) is 0 Å². The van der Waals surface area contributed by atoms with E-state index in [1.807, 2.05) is 0 Å². The van der Waals surface area contributed by atoms with E-state index in [0.29, 0.717) is 22.2 Å². The zero-order chi connectivity index (χ0) is 15.0. The molecule has 0 spiro atoms. The van der Waals surface area contributed by atoms with Crippen molar-refractivity contribution in [2.24, 2.45) is 0 Å². The molecular formula is C14H9ClF2N2O2. The van der Waals surface area contributed by atoms with Gasteiger partial charge in [-0.3, -0.25) is 0 Å². The van der Waals surface area contributed by atoms with Crippen molar-refractivity contribution in [3.8, 4) is 16.9 Å². The topological polar surface area (TPSA) is 57.9 Å². The maximum absolute atomic E-state index is 12.5. The fourth-order valence-corrected chi connectivity index (χ4v) is 2.44. The average Bonchev–Trinajstić information content (AvgIpc) is 2.77. The lowest BCUT2D eigenvalue weighted by Crippen LogP contribution is -2.03. The molecule has 4 nitrogen and oxygen atoms in total. The van der Waals surface area contributed by atoms with E-state index in [1.165, 1.54) is 12.1 Å². The highest BCUT2D eigenvalue weighted by Gasteiger charge is 2.15. The van der Waals surface area contributed by atoms with E-state index < -0.39 is 6.61 Å². The van der Waals surface area contributed by atoms with Gasteiger partial charge in [-0.15, -0.1) is 0 Å². The van der Waals surface area contributed by atoms with Crippen molar-refractivity contribution in [1.29, 1.82) is 0 Å². The van der Waals surface area contributed by atoms with Crippen LogP contribution in [0.15, 0.2) is 41.2 Å². The van der Waals surface area contributed by atoms with Gasteiger partial charge in [-0.05, 0) is 29.8 Å². The van der Waals surface area contributed by atoms with Gasteiger partial charge < -0.3 is 14.7 Å². The lowest BCUT2D eigenvalue weighted by atomic mass is 10.0. The van der Waals surface area contributed by atoms with Gasteiger partial charge in [0.1, 0.15) is 5.75 Å². The monoisotopic (exact) mass is 310 g/mol. The summed E-state index contributed by atoms with van der Waals surface area (Å²) in [6, 6.07) is 9.51. The number of halogens is 3. The number of imidazole rings is 1. The first-order valence-corrected chi connectivity index (χ1v) is 6.38. The second kappa shape index (κ2) is 5.21. The molecule has 1 aromatic heterocycles. The Kier molecular flexibility index (Phi) is 3.39. The minimum atomic E-state index is -2.95. The second-order valence-electron chi connectivity index (χ2n) is 4.33. The number of H-pyrrole nitrogens is 2. The summed E-state index contributed by atoms with van der Waals surface area (Å²) in [5.41, 5.74) is 1.75. The third-order valence-electron chi connectivity index (χ3n) is 3.00. The van der Waals surface area contributed by atoms with Crippen molar-refractivity contribution in [2.45, 2.75) is 6.61 Å². The highest BCUT2D eigenvalue weighted by atomic mass is 35.5.